The number of pyridine rings is 1. The van der Waals surface area contributed by atoms with Gasteiger partial charge in [0.15, 0.2) is 0 Å². The van der Waals surface area contributed by atoms with Crippen molar-refractivity contribution in [2.24, 2.45) is 5.73 Å². The summed E-state index contributed by atoms with van der Waals surface area (Å²) in [5.41, 5.74) is 9.38. The summed E-state index contributed by atoms with van der Waals surface area (Å²) in [4.78, 5) is 7.19. The number of rotatable bonds is 8. The van der Waals surface area contributed by atoms with Gasteiger partial charge in [-0.15, -0.1) is 0 Å². The third-order valence-corrected chi connectivity index (χ3v) is 5.20. The van der Waals surface area contributed by atoms with E-state index in [1.165, 1.54) is 23.9 Å². The second kappa shape index (κ2) is 12.9. The van der Waals surface area contributed by atoms with E-state index in [1.54, 1.807) is 6.08 Å². The molecule has 2 heterocycles. The van der Waals surface area contributed by atoms with Crippen LogP contribution in [0.3, 0.4) is 0 Å². The highest BCUT2D eigenvalue weighted by molar-refractivity contribution is 6.08. The summed E-state index contributed by atoms with van der Waals surface area (Å²) in [5, 5.41) is 4.60. The topological polar surface area (TPSA) is 54.2 Å². The third-order valence-electron chi connectivity index (χ3n) is 5.20. The Morgan fingerprint density at radius 3 is 2.63 bits per heavy atom. The van der Waals surface area contributed by atoms with Crippen molar-refractivity contribution in [2.45, 2.75) is 45.0 Å². The lowest BCUT2D eigenvalue weighted by atomic mass is 10.0. The van der Waals surface area contributed by atoms with Gasteiger partial charge in [0.25, 0.3) is 0 Å². The molecule has 1 aliphatic heterocycles. The van der Waals surface area contributed by atoms with Gasteiger partial charge in [-0.2, -0.15) is 0 Å². The van der Waals surface area contributed by atoms with Crippen LogP contribution < -0.4 is 16.0 Å². The molecule has 0 unspecified atom stereocenters. The molecule has 3 rings (SSSR count). The SMILES string of the molecule is C=C/C=C(\C=C)CNc1cc(N2CCC(N)CC2)c2ccccc2n1.[B]CCCC. The Bertz CT molecular complexity index is 836. The lowest BCUT2D eigenvalue weighted by molar-refractivity contribution is 0.502. The van der Waals surface area contributed by atoms with E-state index < -0.39 is 0 Å². The summed E-state index contributed by atoms with van der Waals surface area (Å²) in [5.74, 6) is 0.875. The fraction of sp³-hybridized carbons (Fsp3) is 0.400. The zero-order chi connectivity index (χ0) is 21.8. The molecular weight excluding hydrogens is 367 g/mol. The van der Waals surface area contributed by atoms with Crippen LogP contribution in [0.5, 0.6) is 0 Å². The van der Waals surface area contributed by atoms with Crippen molar-refractivity contribution < 1.29 is 0 Å². The van der Waals surface area contributed by atoms with E-state index in [9.17, 15) is 0 Å². The molecule has 3 N–H and O–H groups in total. The summed E-state index contributed by atoms with van der Waals surface area (Å²) in [6, 6.07) is 10.8. The number of fused-ring (bicyclic) bond motifs is 1. The lowest BCUT2D eigenvalue weighted by Gasteiger charge is -2.33. The van der Waals surface area contributed by atoms with Crippen LogP contribution in [0.1, 0.15) is 32.6 Å². The van der Waals surface area contributed by atoms with Gasteiger partial charge < -0.3 is 16.0 Å². The van der Waals surface area contributed by atoms with E-state index in [1.807, 2.05) is 18.2 Å². The van der Waals surface area contributed by atoms with E-state index in [2.05, 4.69) is 54.6 Å². The van der Waals surface area contributed by atoms with Crippen molar-refractivity contribution in [1.82, 2.24) is 4.98 Å². The van der Waals surface area contributed by atoms with E-state index in [0.717, 1.165) is 49.2 Å². The van der Waals surface area contributed by atoms with Crippen molar-refractivity contribution in [3.05, 3.63) is 67.3 Å². The predicted molar refractivity (Wildman–Crippen MR) is 134 cm³/mol. The number of nitrogens with two attached hydrogens (primary N) is 1. The minimum atomic E-state index is 0.320. The molecular formula is C25H35BN4. The van der Waals surface area contributed by atoms with Gasteiger partial charge in [-0.3, -0.25) is 0 Å². The number of benzene rings is 1. The second-order valence-corrected chi connectivity index (χ2v) is 7.55. The highest BCUT2D eigenvalue weighted by Crippen LogP contribution is 2.30. The average Bonchev–Trinajstić information content (AvgIpc) is 2.77. The van der Waals surface area contributed by atoms with Gasteiger partial charge in [0, 0.05) is 42.8 Å². The molecule has 1 fully saturated rings. The summed E-state index contributed by atoms with van der Waals surface area (Å²) in [6.45, 7) is 12.4. The first kappa shape index (κ1) is 23.8. The predicted octanol–water partition coefficient (Wildman–Crippen LogP) is 5.25. The first-order valence-electron chi connectivity index (χ1n) is 10.9. The summed E-state index contributed by atoms with van der Waals surface area (Å²) in [6.07, 6.45) is 10.8. The monoisotopic (exact) mass is 402 g/mol. The molecule has 1 aromatic heterocycles. The molecule has 4 nitrogen and oxygen atoms in total. The van der Waals surface area contributed by atoms with Crippen LogP contribution in [0.25, 0.3) is 10.9 Å². The van der Waals surface area contributed by atoms with E-state index in [4.69, 9.17) is 18.6 Å². The van der Waals surface area contributed by atoms with Crippen molar-refractivity contribution >= 4 is 30.3 Å². The number of nitrogens with zero attached hydrogens (tertiary/aromatic N) is 2. The molecule has 1 aliphatic rings. The molecule has 30 heavy (non-hydrogen) atoms. The van der Waals surface area contributed by atoms with Gasteiger partial charge in [0.2, 0.25) is 0 Å². The van der Waals surface area contributed by atoms with Crippen molar-refractivity contribution in [3.8, 4) is 0 Å². The number of unbranched alkanes of at least 4 members (excludes halogenated alkanes) is 1. The first-order valence-corrected chi connectivity index (χ1v) is 10.9. The van der Waals surface area contributed by atoms with Crippen LogP contribution in [-0.2, 0) is 0 Å². The first-order chi connectivity index (χ1) is 14.6. The smallest absolute Gasteiger partial charge is 0.129 e. The maximum Gasteiger partial charge on any atom is 0.129 e. The molecule has 0 amide bonds. The average molecular weight is 402 g/mol. The van der Waals surface area contributed by atoms with Crippen LogP contribution >= 0.6 is 0 Å². The van der Waals surface area contributed by atoms with Crippen molar-refractivity contribution in [1.29, 1.82) is 0 Å². The molecule has 1 aromatic carbocycles. The summed E-state index contributed by atoms with van der Waals surface area (Å²) in [7, 11) is 5.14. The van der Waals surface area contributed by atoms with Crippen LogP contribution in [0, 0.1) is 0 Å². The number of hydrogen-bond donors (Lipinski definition) is 2. The maximum absolute atomic E-state index is 6.07. The van der Waals surface area contributed by atoms with Crippen molar-refractivity contribution in [3.63, 3.8) is 0 Å². The van der Waals surface area contributed by atoms with Crippen LogP contribution in [-0.4, -0.2) is 38.5 Å². The van der Waals surface area contributed by atoms with E-state index in [0.29, 0.717) is 12.6 Å². The highest BCUT2D eigenvalue weighted by atomic mass is 15.1. The lowest BCUT2D eigenvalue weighted by Crippen LogP contribution is -2.39. The molecule has 0 atom stereocenters. The number of allylic oxidation sites excluding steroid dienone is 2. The minimum absolute atomic E-state index is 0.320. The van der Waals surface area contributed by atoms with Gasteiger partial charge in [-0.05, 0) is 24.5 Å². The Morgan fingerprint density at radius 1 is 1.30 bits per heavy atom. The van der Waals surface area contributed by atoms with Gasteiger partial charge in [-0.25, -0.2) is 4.98 Å². The van der Waals surface area contributed by atoms with Gasteiger partial charge in [-0.1, -0.05) is 75.7 Å². The van der Waals surface area contributed by atoms with Crippen LogP contribution in [0.2, 0.25) is 6.32 Å². The normalized spacial score (nSPS) is 14.7. The Balaban J connectivity index is 0.000000575. The quantitative estimate of drug-likeness (QED) is 0.468. The molecule has 0 bridgehead atoms. The Morgan fingerprint density at radius 2 is 2.03 bits per heavy atom. The number of nitrogens with one attached hydrogen (secondary N) is 1. The number of piperidine rings is 1. The van der Waals surface area contributed by atoms with E-state index >= 15 is 0 Å². The number of para-hydroxylation sites is 1. The molecule has 0 saturated carbocycles. The zero-order valence-corrected chi connectivity index (χ0v) is 18.3. The fourth-order valence-corrected chi connectivity index (χ4v) is 3.40. The second-order valence-electron chi connectivity index (χ2n) is 7.55. The molecule has 2 aromatic rings. The molecule has 0 spiro atoms. The Labute approximate surface area is 183 Å². The molecule has 1 saturated heterocycles. The molecule has 0 aliphatic carbocycles. The summed E-state index contributed by atoms with van der Waals surface area (Å²) >= 11 is 0. The van der Waals surface area contributed by atoms with Gasteiger partial charge >= 0.3 is 0 Å². The molecule has 5 heteroatoms. The van der Waals surface area contributed by atoms with Gasteiger partial charge in [0.05, 0.1) is 13.4 Å². The van der Waals surface area contributed by atoms with Gasteiger partial charge in [0.1, 0.15) is 5.82 Å². The minimum Gasteiger partial charge on any atom is -0.371 e. The standard InChI is InChI=1S/C21H26N4.C4H9B/c1-3-7-16(4-2)15-23-21-14-20(25-12-10-17(22)11-13-25)18-8-5-6-9-19(18)24-21;1-2-3-4-5/h3-9,14,17H,1-2,10-13,15,22H2,(H,23,24);2-4H2,1H3/b16-7+;. The highest BCUT2D eigenvalue weighted by Gasteiger charge is 2.19. The van der Waals surface area contributed by atoms with Crippen molar-refractivity contribution in [2.75, 3.05) is 29.9 Å². The summed E-state index contributed by atoms with van der Waals surface area (Å²) < 4.78 is 0. The Kier molecular flexibility index (Phi) is 10.2. The number of anilines is 2. The Hall–Kier alpha value is -2.53. The van der Waals surface area contributed by atoms with Crippen LogP contribution in [0.4, 0.5) is 11.5 Å². The third kappa shape index (κ3) is 7.07. The molecule has 2 radical (unpaired) electrons. The number of hydrogen-bond acceptors (Lipinski definition) is 4. The van der Waals surface area contributed by atoms with E-state index in [-0.39, 0.29) is 0 Å². The largest absolute Gasteiger partial charge is 0.371 e. The van der Waals surface area contributed by atoms with Crippen LogP contribution in [0.15, 0.2) is 67.3 Å². The maximum atomic E-state index is 6.07. The number of aromatic nitrogens is 1. The zero-order valence-electron chi connectivity index (χ0n) is 18.3. The molecule has 158 valence electrons. The fourth-order valence-electron chi connectivity index (χ4n) is 3.40.